The molecule has 0 aromatic heterocycles. The third kappa shape index (κ3) is 5.78. The maximum absolute atomic E-state index is 12.9. The molecule has 14 heteroatoms. The minimum atomic E-state index is -6.52. The van der Waals surface area contributed by atoms with Gasteiger partial charge >= 0.3 is 163 Å². The van der Waals surface area contributed by atoms with Crippen LogP contribution in [0, 0.1) is 0 Å². The van der Waals surface area contributed by atoms with Gasteiger partial charge in [-0.25, -0.2) is 0 Å². The number of hydrogen-bond acceptors (Lipinski definition) is 5. The zero-order valence-electron chi connectivity index (χ0n) is 13.8. The van der Waals surface area contributed by atoms with Gasteiger partial charge in [0.25, 0.3) is 0 Å². The SMILES string of the molecule is O=C(Nc1cc(C(F)(F)F)cc(C(F)(F)F)c1)c1cc(Cl)ccc1P(O)(O)(O)O. The van der Waals surface area contributed by atoms with Crippen molar-refractivity contribution in [3.05, 3.63) is 58.1 Å². The first kappa shape index (κ1) is 23.3. The summed E-state index contributed by atoms with van der Waals surface area (Å²) in [6.45, 7) is 0. The van der Waals surface area contributed by atoms with Gasteiger partial charge in [-0.2, -0.15) is 0 Å². The van der Waals surface area contributed by atoms with Crippen molar-refractivity contribution in [3.8, 4) is 0 Å². The Balaban J connectivity index is 2.56. The molecule has 160 valence electrons. The number of rotatable bonds is 3. The normalized spacial score (nSPS) is 14.2. The van der Waals surface area contributed by atoms with Crippen LogP contribution in [0.15, 0.2) is 36.4 Å². The van der Waals surface area contributed by atoms with Crippen molar-refractivity contribution in [2.24, 2.45) is 0 Å². The van der Waals surface area contributed by atoms with E-state index in [0.29, 0.717) is 12.1 Å². The van der Waals surface area contributed by atoms with Crippen molar-refractivity contribution >= 4 is 36.0 Å². The molecular formula is C15H11ClF6NO5P. The molecule has 0 aliphatic rings. The fourth-order valence-corrected chi connectivity index (χ4v) is 3.37. The summed E-state index contributed by atoms with van der Waals surface area (Å²) in [5, 5.41) is 0.372. The van der Waals surface area contributed by atoms with E-state index < -0.39 is 53.5 Å². The summed E-state index contributed by atoms with van der Waals surface area (Å²) in [5.74, 6) is -1.48. The Kier molecular flexibility index (Phi) is 5.70. The Morgan fingerprint density at radius 2 is 1.34 bits per heavy atom. The standard InChI is InChI=1S/C15H11ClF6NO5P/c16-9-1-2-12(29(25,26,27)28)11(6-9)13(24)23-10-4-7(14(17,18)19)3-8(5-10)15(20,21)22/h1-6,25-28H,(H,23,24). The first-order chi connectivity index (χ1) is 12.8. The van der Waals surface area contributed by atoms with Crippen LogP contribution < -0.4 is 10.6 Å². The predicted octanol–water partition coefficient (Wildman–Crippen LogP) is 3.44. The van der Waals surface area contributed by atoms with E-state index in [1.165, 1.54) is 0 Å². The summed E-state index contributed by atoms with van der Waals surface area (Å²) in [7, 11) is -6.52. The summed E-state index contributed by atoms with van der Waals surface area (Å²) >= 11 is 5.64. The van der Waals surface area contributed by atoms with E-state index >= 15 is 0 Å². The van der Waals surface area contributed by atoms with E-state index in [1.807, 2.05) is 0 Å². The van der Waals surface area contributed by atoms with Gasteiger partial charge in [0.1, 0.15) is 0 Å². The molecular weight excluding hydrogens is 455 g/mol. The van der Waals surface area contributed by atoms with Crippen molar-refractivity contribution in [1.29, 1.82) is 0 Å². The van der Waals surface area contributed by atoms with Gasteiger partial charge in [-0.05, 0) is 0 Å². The minimum absolute atomic E-state index is 0.157. The zero-order chi connectivity index (χ0) is 22.4. The van der Waals surface area contributed by atoms with Crippen molar-refractivity contribution < 1.29 is 50.7 Å². The Morgan fingerprint density at radius 1 is 0.862 bits per heavy atom. The second-order valence-corrected chi connectivity index (χ2v) is 8.64. The molecule has 6 nitrogen and oxygen atoms in total. The van der Waals surface area contributed by atoms with Crippen LogP contribution in [0.4, 0.5) is 32.0 Å². The van der Waals surface area contributed by atoms with E-state index in [4.69, 9.17) is 11.6 Å². The molecule has 1 amide bonds. The van der Waals surface area contributed by atoms with Crippen LogP contribution in [0.1, 0.15) is 21.5 Å². The van der Waals surface area contributed by atoms with Crippen molar-refractivity contribution in [3.63, 3.8) is 0 Å². The first-order valence-corrected chi connectivity index (χ1v) is 9.70. The zero-order valence-corrected chi connectivity index (χ0v) is 15.4. The molecule has 2 rings (SSSR count). The van der Waals surface area contributed by atoms with Crippen molar-refractivity contribution in [2.45, 2.75) is 12.4 Å². The fourth-order valence-electron chi connectivity index (χ4n) is 2.26. The van der Waals surface area contributed by atoms with Crippen LogP contribution in [0.5, 0.6) is 0 Å². The molecule has 2 aromatic carbocycles. The van der Waals surface area contributed by atoms with Gasteiger partial charge in [0, 0.05) is 0 Å². The molecule has 0 bridgehead atoms. The van der Waals surface area contributed by atoms with Gasteiger partial charge in [0.05, 0.1) is 0 Å². The molecule has 0 aliphatic carbocycles. The summed E-state index contributed by atoms with van der Waals surface area (Å²) in [5.41, 5.74) is -5.24. The van der Waals surface area contributed by atoms with Gasteiger partial charge in [0.15, 0.2) is 0 Å². The molecule has 0 heterocycles. The van der Waals surface area contributed by atoms with Crippen molar-refractivity contribution in [2.75, 3.05) is 5.32 Å². The van der Waals surface area contributed by atoms with E-state index in [9.17, 15) is 50.7 Å². The van der Waals surface area contributed by atoms with Crippen LogP contribution >= 0.6 is 19.1 Å². The van der Waals surface area contributed by atoms with Crippen LogP contribution in [0.3, 0.4) is 0 Å². The van der Waals surface area contributed by atoms with Gasteiger partial charge in [0.2, 0.25) is 0 Å². The second kappa shape index (κ2) is 7.08. The number of amides is 1. The van der Waals surface area contributed by atoms with Crippen molar-refractivity contribution in [1.82, 2.24) is 0 Å². The van der Waals surface area contributed by atoms with Gasteiger partial charge in [-0.3, -0.25) is 0 Å². The molecule has 5 N–H and O–H groups in total. The third-order valence-electron chi connectivity index (χ3n) is 3.48. The molecule has 0 unspecified atom stereocenters. The quantitative estimate of drug-likeness (QED) is 0.352. The third-order valence-corrected chi connectivity index (χ3v) is 4.97. The summed E-state index contributed by atoms with van der Waals surface area (Å²) in [6, 6.07) is 2.59. The molecule has 2 aromatic rings. The van der Waals surface area contributed by atoms with E-state index in [-0.39, 0.29) is 23.2 Å². The van der Waals surface area contributed by atoms with Crippen LogP contribution in [-0.2, 0) is 12.4 Å². The molecule has 0 aliphatic heterocycles. The maximum atomic E-state index is 12.9. The average Bonchev–Trinajstić information content (AvgIpc) is 2.50. The van der Waals surface area contributed by atoms with Gasteiger partial charge < -0.3 is 0 Å². The molecule has 0 radical (unpaired) electrons. The van der Waals surface area contributed by atoms with Crippen LogP contribution in [0.25, 0.3) is 0 Å². The Hall–Kier alpha value is -1.95. The van der Waals surface area contributed by atoms with E-state index in [0.717, 1.165) is 6.07 Å². The number of hydrogen-bond donors (Lipinski definition) is 5. The van der Waals surface area contributed by atoms with E-state index in [1.54, 1.807) is 5.32 Å². The number of anilines is 1. The molecule has 29 heavy (non-hydrogen) atoms. The number of benzene rings is 2. The molecule has 0 atom stereocenters. The second-order valence-electron chi connectivity index (χ2n) is 5.85. The van der Waals surface area contributed by atoms with Crippen LogP contribution in [0.2, 0.25) is 5.02 Å². The first-order valence-electron chi connectivity index (χ1n) is 7.27. The molecule has 0 spiro atoms. The topological polar surface area (TPSA) is 110 Å². The average molecular weight is 466 g/mol. The Labute approximate surface area is 163 Å². The predicted molar refractivity (Wildman–Crippen MR) is 91.3 cm³/mol. The number of carbonyl (C=O) groups excluding carboxylic acids is 1. The number of nitrogens with one attached hydrogen (secondary N) is 1. The summed E-state index contributed by atoms with van der Waals surface area (Å²) in [6.07, 6.45) is -10.3. The molecule has 0 fully saturated rings. The Bertz CT molecular complexity index is 929. The van der Waals surface area contributed by atoms with E-state index in [2.05, 4.69) is 0 Å². The number of carbonyl (C=O) groups is 1. The number of halogens is 7. The molecule has 0 saturated heterocycles. The number of alkyl halides is 6. The van der Waals surface area contributed by atoms with Crippen LogP contribution in [-0.4, -0.2) is 25.5 Å². The fraction of sp³-hybridized carbons (Fsp3) is 0.133. The summed E-state index contributed by atoms with van der Waals surface area (Å²) < 4.78 is 77.4. The monoisotopic (exact) mass is 465 g/mol. The summed E-state index contributed by atoms with van der Waals surface area (Å²) in [4.78, 5) is 50.0. The Morgan fingerprint density at radius 3 is 1.76 bits per heavy atom. The van der Waals surface area contributed by atoms with Gasteiger partial charge in [-0.15, -0.1) is 0 Å². The van der Waals surface area contributed by atoms with Gasteiger partial charge in [-0.1, -0.05) is 0 Å². The molecule has 0 saturated carbocycles.